The molecule has 0 spiro atoms. The molecule has 1 aromatic rings. The molecule has 0 saturated carbocycles. The number of carbonyl (C=O) groups excluding carboxylic acids is 2. The Hall–Kier alpha value is -2.11. The molecule has 116 valence electrons. The van der Waals surface area contributed by atoms with Crippen molar-refractivity contribution in [1.82, 2.24) is 10.6 Å². The predicted molar refractivity (Wildman–Crippen MR) is 77.5 cm³/mol. The van der Waals surface area contributed by atoms with Crippen molar-refractivity contribution >= 4 is 12.0 Å². The van der Waals surface area contributed by atoms with E-state index in [-0.39, 0.29) is 23.6 Å². The summed E-state index contributed by atoms with van der Waals surface area (Å²) < 4.78 is 18.9. The second-order valence-electron chi connectivity index (χ2n) is 5.52. The van der Waals surface area contributed by atoms with Gasteiger partial charge in [-0.2, -0.15) is 0 Å². The van der Waals surface area contributed by atoms with Gasteiger partial charge in [-0.1, -0.05) is 6.07 Å². The van der Waals surface area contributed by atoms with Gasteiger partial charge in [0.15, 0.2) is 0 Å². The molecule has 0 saturated heterocycles. The fraction of sp³-hybridized carbons (Fsp3) is 0.467. The molecule has 0 radical (unpaired) electrons. The van der Waals surface area contributed by atoms with Crippen LogP contribution in [-0.4, -0.2) is 24.1 Å². The van der Waals surface area contributed by atoms with Gasteiger partial charge in [0.05, 0.1) is 0 Å². The first-order valence-electron chi connectivity index (χ1n) is 6.76. The summed E-state index contributed by atoms with van der Waals surface area (Å²) in [5.74, 6) is -0.877. The Morgan fingerprint density at radius 2 is 1.90 bits per heavy atom. The maximum atomic E-state index is 13.9. The van der Waals surface area contributed by atoms with Crippen LogP contribution in [0.4, 0.5) is 9.18 Å². The van der Waals surface area contributed by atoms with Gasteiger partial charge in [0.25, 0.3) is 5.91 Å². The van der Waals surface area contributed by atoms with Crippen LogP contribution in [0.25, 0.3) is 0 Å². The average molecular weight is 296 g/mol. The van der Waals surface area contributed by atoms with E-state index in [1.54, 1.807) is 27.7 Å². The number of nitrogens with one attached hydrogen (secondary N) is 2. The Morgan fingerprint density at radius 3 is 2.43 bits per heavy atom. The molecule has 0 atom stereocenters. The van der Waals surface area contributed by atoms with E-state index in [2.05, 4.69) is 10.6 Å². The zero-order valence-corrected chi connectivity index (χ0v) is 12.7. The number of ether oxygens (including phenoxy) is 1. The second kappa shape index (κ2) is 7.06. The summed E-state index contributed by atoms with van der Waals surface area (Å²) in [5.41, 5.74) is -0.0747. The van der Waals surface area contributed by atoms with E-state index in [1.165, 1.54) is 12.1 Å². The number of hydrogen-bond acceptors (Lipinski definition) is 3. The summed E-state index contributed by atoms with van der Waals surface area (Å²) in [6, 6.07) is 4.13. The Kier molecular flexibility index (Phi) is 5.69. The highest BCUT2D eigenvalue weighted by Crippen LogP contribution is 2.11. The van der Waals surface area contributed by atoms with Crippen molar-refractivity contribution in [3.05, 3.63) is 35.1 Å². The van der Waals surface area contributed by atoms with Crippen molar-refractivity contribution in [2.45, 2.75) is 39.8 Å². The lowest BCUT2D eigenvalue weighted by Crippen LogP contribution is -2.32. The van der Waals surface area contributed by atoms with Gasteiger partial charge in [-0.25, -0.2) is 9.18 Å². The highest BCUT2D eigenvalue weighted by Gasteiger charge is 2.16. The summed E-state index contributed by atoms with van der Waals surface area (Å²) in [6.07, 6.45) is -0.616. The lowest BCUT2D eigenvalue weighted by molar-refractivity contribution is 0.0523. The topological polar surface area (TPSA) is 67.4 Å². The minimum atomic E-state index is -0.616. The summed E-state index contributed by atoms with van der Waals surface area (Å²) in [5, 5.41) is 5.06. The van der Waals surface area contributed by atoms with E-state index in [0.717, 1.165) is 6.07 Å². The van der Waals surface area contributed by atoms with E-state index < -0.39 is 17.5 Å². The molecule has 2 N–H and O–H groups in total. The fourth-order valence-corrected chi connectivity index (χ4v) is 1.58. The van der Waals surface area contributed by atoms with Gasteiger partial charge in [-0.15, -0.1) is 0 Å². The van der Waals surface area contributed by atoms with Crippen molar-refractivity contribution in [1.29, 1.82) is 0 Å². The first-order valence-corrected chi connectivity index (χ1v) is 6.76. The van der Waals surface area contributed by atoms with Crippen LogP contribution in [0.15, 0.2) is 18.2 Å². The Balaban J connectivity index is 2.65. The molecule has 21 heavy (non-hydrogen) atoms. The van der Waals surface area contributed by atoms with Crippen molar-refractivity contribution in [3.8, 4) is 0 Å². The number of halogens is 1. The maximum absolute atomic E-state index is 13.9. The Labute approximate surface area is 123 Å². The number of rotatable bonds is 4. The number of amides is 2. The minimum absolute atomic E-state index is 0.00355. The van der Waals surface area contributed by atoms with Gasteiger partial charge in [0, 0.05) is 24.2 Å². The van der Waals surface area contributed by atoms with Crippen molar-refractivity contribution < 1.29 is 18.7 Å². The summed E-state index contributed by atoms with van der Waals surface area (Å²) in [7, 11) is 0. The molecule has 1 aromatic carbocycles. The van der Waals surface area contributed by atoms with E-state index in [0.29, 0.717) is 6.54 Å². The van der Waals surface area contributed by atoms with Gasteiger partial charge in [-0.3, -0.25) is 4.79 Å². The highest BCUT2D eigenvalue weighted by atomic mass is 19.1. The van der Waals surface area contributed by atoms with Crippen LogP contribution in [-0.2, 0) is 11.3 Å². The van der Waals surface area contributed by atoms with Crippen molar-refractivity contribution in [3.63, 3.8) is 0 Å². The normalized spacial score (nSPS) is 10.9. The summed E-state index contributed by atoms with van der Waals surface area (Å²) in [6.45, 7) is 7.49. The molecule has 0 aromatic heterocycles. The van der Waals surface area contributed by atoms with E-state index >= 15 is 0 Å². The van der Waals surface area contributed by atoms with Crippen LogP contribution < -0.4 is 10.6 Å². The van der Waals surface area contributed by atoms with Crippen LogP contribution >= 0.6 is 0 Å². The third-order valence-corrected chi connectivity index (χ3v) is 2.47. The first kappa shape index (κ1) is 16.9. The molecule has 0 fully saturated rings. The third kappa shape index (κ3) is 5.81. The monoisotopic (exact) mass is 296 g/mol. The minimum Gasteiger partial charge on any atom is -0.444 e. The molecule has 5 nitrogen and oxygen atoms in total. The first-order chi connectivity index (χ1) is 9.73. The van der Waals surface area contributed by atoms with Gasteiger partial charge >= 0.3 is 6.09 Å². The van der Waals surface area contributed by atoms with Gasteiger partial charge in [0.1, 0.15) is 11.4 Å². The quantitative estimate of drug-likeness (QED) is 0.897. The predicted octanol–water partition coefficient (Wildman–Crippen LogP) is 2.60. The maximum Gasteiger partial charge on any atom is 0.407 e. The second-order valence-corrected chi connectivity index (χ2v) is 5.52. The average Bonchev–Trinajstić information content (AvgIpc) is 2.35. The molecule has 2 amide bonds. The number of alkyl carbamates (subject to hydrolysis) is 1. The molecule has 1 rings (SSSR count). The van der Waals surface area contributed by atoms with Crippen LogP contribution in [0, 0.1) is 5.82 Å². The van der Waals surface area contributed by atoms with Crippen LogP contribution in [0.5, 0.6) is 0 Å². The van der Waals surface area contributed by atoms with E-state index in [1.807, 2.05) is 0 Å². The molecular formula is C15H21FN2O3. The zero-order chi connectivity index (χ0) is 16.0. The lowest BCUT2D eigenvalue weighted by Gasteiger charge is -2.19. The van der Waals surface area contributed by atoms with Crippen LogP contribution in [0.3, 0.4) is 0 Å². The van der Waals surface area contributed by atoms with Crippen LogP contribution in [0.1, 0.15) is 43.6 Å². The Morgan fingerprint density at radius 1 is 1.24 bits per heavy atom. The molecular weight excluding hydrogens is 275 g/mol. The molecule has 0 aliphatic carbocycles. The highest BCUT2D eigenvalue weighted by molar-refractivity contribution is 5.94. The number of hydrogen-bond donors (Lipinski definition) is 2. The molecule has 0 heterocycles. The molecule has 0 bridgehead atoms. The van der Waals surface area contributed by atoms with Gasteiger partial charge in [0.2, 0.25) is 0 Å². The van der Waals surface area contributed by atoms with E-state index in [4.69, 9.17) is 4.74 Å². The molecule has 0 unspecified atom stereocenters. The SMILES string of the molecule is CCNC(=O)c1ccc(CNC(=O)OC(C)(C)C)c(F)c1. The third-order valence-electron chi connectivity index (χ3n) is 2.47. The van der Waals surface area contributed by atoms with E-state index in [9.17, 15) is 14.0 Å². The standard InChI is InChI=1S/C15H21FN2O3/c1-5-17-13(19)10-6-7-11(12(16)8-10)9-18-14(20)21-15(2,3)4/h6-8H,5,9H2,1-4H3,(H,17,19)(H,18,20). The molecule has 0 aliphatic heterocycles. The van der Waals surface area contributed by atoms with Gasteiger partial charge < -0.3 is 15.4 Å². The van der Waals surface area contributed by atoms with Gasteiger partial charge in [-0.05, 0) is 39.8 Å². The number of benzene rings is 1. The van der Waals surface area contributed by atoms with Crippen molar-refractivity contribution in [2.75, 3.05) is 6.54 Å². The fourth-order valence-electron chi connectivity index (χ4n) is 1.58. The number of carbonyl (C=O) groups is 2. The largest absolute Gasteiger partial charge is 0.444 e. The lowest BCUT2D eigenvalue weighted by atomic mass is 10.1. The Bertz CT molecular complexity index is 524. The molecule has 6 heteroatoms. The van der Waals surface area contributed by atoms with Crippen LogP contribution in [0.2, 0.25) is 0 Å². The van der Waals surface area contributed by atoms with Crippen molar-refractivity contribution in [2.24, 2.45) is 0 Å². The summed E-state index contributed by atoms with van der Waals surface area (Å²) in [4.78, 5) is 23.0. The zero-order valence-electron chi connectivity index (χ0n) is 12.7. The smallest absolute Gasteiger partial charge is 0.407 e. The summed E-state index contributed by atoms with van der Waals surface area (Å²) >= 11 is 0. The molecule has 0 aliphatic rings.